The van der Waals surface area contributed by atoms with Crippen molar-refractivity contribution in [3.63, 3.8) is 0 Å². The molecule has 0 aliphatic heterocycles. The van der Waals surface area contributed by atoms with E-state index in [1.165, 1.54) is 12.1 Å². The van der Waals surface area contributed by atoms with Gasteiger partial charge in [0, 0.05) is 0 Å². The molecule has 2 rings (SSSR count). The Kier molecular flexibility index (Phi) is 3.92. The highest BCUT2D eigenvalue weighted by Gasteiger charge is 2.12. The summed E-state index contributed by atoms with van der Waals surface area (Å²) in [6.45, 7) is 0. The maximum Gasteiger partial charge on any atom is 0.320 e. The van der Waals surface area contributed by atoms with Gasteiger partial charge in [0.1, 0.15) is 11.9 Å². The topological polar surface area (TPSA) is 63.3 Å². The van der Waals surface area contributed by atoms with Crippen LogP contribution in [0.25, 0.3) is 11.1 Å². The van der Waals surface area contributed by atoms with Gasteiger partial charge in [0.25, 0.3) is 0 Å². The SMILES string of the molecule is NC(Cc1cccc(-c2cccc(F)c2)c1)C(=O)O. The van der Waals surface area contributed by atoms with E-state index in [9.17, 15) is 9.18 Å². The van der Waals surface area contributed by atoms with Gasteiger partial charge in [-0.05, 0) is 35.2 Å². The molecule has 0 fully saturated rings. The molecule has 19 heavy (non-hydrogen) atoms. The lowest BCUT2D eigenvalue weighted by Gasteiger charge is -2.08. The lowest BCUT2D eigenvalue weighted by molar-refractivity contribution is -0.138. The zero-order chi connectivity index (χ0) is 13.8. The fourth-order valence-electron chi connectivity index (χ4n) is 1.89. The van der Waals surface area contributed by atoms with Crippen LogP contribution in [0.15, 0.2) is 48.5 Å². The number of hydrogen-bond donors (Lipinski definition) is 2. The fraction of sp³-hybridized carbons (Fsp3) is 0.133. The largest absolute Gasteiger partial charge is 0.480 e. The van der Waals surface area contributed by atoms with E-state index in [0.29, 0.717) is 0 Å². The van der Waals surface area contributed by atoms with Crippen molar-refractivity contribution in [2.75, 3.05) is 0 Å². The van der Waals surface area contributed by atoms with E-state index in [0.717, 1.165) is 16.7 Å². The summed E-state index contributed by atoms with van der Waals surface area (Å²) in [6, 6.07) is 12.6. The molecule has 1 atom stereocenters. The number of benzene rings is 2. The number of hydrogen-bond acceptors (Lipinski definition) is 2. The van der Waals surface area contributed by atoms with Crippen molar-refractivity contribution in [3.8, 4) is 11.1 Å². The lowest BCUT2D eigenvalue weighted by atomic mass is 10.00. The molecule has 0 saturated carbocycles. The van der Waals surface area contributed by atoms with E-state index in [4.69, 9.17) is 10.8 Å². The summed E-state index contributed by atoms with van der Waals surface area (Å²) in [6.07, 6.45) is 0.249. The molecular formula is C15H14FNO2. The maximum absolute atomic E-state index is 13.2. The van der Waals surface area contributed by atoms with Crippen molar-refractivity contribution in [3.05, 3.63) is 59.9 Å². The molecule has 3 nitrogen and oxygen atoms in total. The third-order valence-electron chi connectivity index (χ3n) is 2.86. The summed E-state index contributed by atoms with van der Waals surface area (Å²) in [5.41, 5.74) is 7.92. The van der Waals surface area contributed by atoms with E-state index in [2.05, 4.69) is 0 Å². The van der Waals surface area contributed by atoms with Crippen LogP contribution < -0.4 is 5.73 Å². The Hall–Kier alpha value is -2.20. The van der Waals surface area contributed by atoms with Gasteiger partial charge in [-0.25, -0.2) is 4.39 Å². The maximum atomic E-state index is 13.2. The summed E-state index contributed by atoms with van der Waals surface area (Å²) >= 11 is 0. The Labute approximate surface area is 110 Å². The number of halogens is 1. The van der Waals surface area contributed by atoms with Crippen molar-refractivity contribution in [1.82, 2.24) is 0 Å². The van der Waals surface area contributed by atoms with Gasteiger partial charge in [0.2, 0.25) is 0 Å². The third kappa shape index (κ3) is 3.39. The van der Waals surface area contributed by atoms with Crippen molar-refractivity contribution in [2.45, 2.75) is 12.5 Å². The quantitative estimate of drug-likeness (QED) is 0.886. The third-order valence-corrected chi connectivity index (χ3v) is 2.86. The second-order valence-corrected chi connectivity index (χ2v) is 4.36. The zero-order valence-corrected chi connectivity index (χ0v) is 10.2. The van der Waals surface area contributed by atoms with E-state index in [1.54, 1.807) is 12.1 Å². The van der Waals surface area contributed by atoms with Crippen LogP contribution in [0.4, 0.5) is 4.39 Å². The lowest BCUT2D eigenvalue weighted by Crippen LogP contribution is -2.32. The first kappa shape index (κ1) is 13.2. The predicted octanol–water partition coefficient (Wildman–Crippen LogP) is 2.45. The van der Waals surface area contributed by atoms with Crippen LogP contribution in [-0.4, -0.2) is 17.1 Å². The molecule has 0 heterocycles. The van der Waals surface area contributed by atoms with E-state index < -0.39 is 12.0 Å². The molecule has 1 unspecified atom stereocenters. The van der Waals surface area contributed by atoms with Gasteiger partial charge in [-0.1, -0.05) is 36.4 Å². The molecule has 0 aliphatic carbocycles. The van der Waals surface area contributed by atoms with Gasteiger partial charge >= 0.3 is 5.97 Å². The zero-order valence-electron chi connectivity index (χ0n) is 10.2. The molecule has 4 heteroatoms. The highest BCUT2D eigenvalue weighted by atomic mass is 19.1. The van der Waals surface area contributed by atoms with Crippen LogP contribution in [0.5, 0.6) is 0 Å². The minimum Gasteiger partial charge on any atom is -0.480 e. The standard InChI is InChI=1S/C15H14FNO2/c16-13-6-2-5-12(9-13)11-4-1-3-10(7-11)8-14(17)15(18)19/h1-7,9,14H,8,17H2,(H,18,19). The smallest absolute Gasteiger partial charge is 0.320 e. The van der Waals surface area contributed by atoms with Gasteiger partial charge < -0.3 is 10.8 Å². The monoisotopic (exact) mass is 259 g/mol. The van der Waals surface area contributed by atoms with Gasteiger partial charge in [-0.15, -0.1) is 0 Å². The van der Waals surface area contributed by atoms with Gasteiger partial charge in [0.05, 0.1) is 0 Å². The van der Waals surface area contributed by atoms with Crippen LogP contribution in [-0.2, 0) is 11.2 Å². The first-order valence-corrected chi connectivity index (χ1v) is 5.89. The Bertz CT molecular complexity index is 598. The minimum atomic E-state index is -1.03. The molecule has 0 spiro atoms. The molecule has 0 bridgehead atoms. The normalized spacial score (nSPS) is 12.1. The summed E-state index contributed by atoms with van der Waals surface area (Å²) in [5, 5.41) is 8.79. The van der Waals surface area contributed by atoms with Crippen LogP contribution in [0.2, 0.25) is 0 Å². The molecule has 0 aromatic heterocycles. The van der Waals surface area contributed by atoms with Crippen molar-refractivity contribution < 1.29 is 14.3 Å². The summed E-state index contributed by atoms with van der Waals surface area (Å²) < 4.78 is 13.2. The molecule has 3 N–H and O–H groups in total. The van der Waals surface area contributed by atoms with Crippen molar-refractivity contribution in [1.29, 1.82) is 0 Å². The molecular weight excluding hydrogens is 245 g/mol. The molecule has 0 amide bonds. The van der Waals surface area contributed by atoms with E-state index >= 15 is 0 Å². The number of carboxylic acids is 1. The second-order valence-electron chi connectivity index (χ2n) is 4.36. The minimum absolute atomic E-state index is 0.249. The molecule has 2 aromatic rings. The summed E-state index contributed by atoms with van der Waals surface area (Å²) in [4.78, 5) is 10.7. The first-order chi connectivity index (χ1) is 9.06. The molecule has 0 radical (unpaired) electrons. The van der Waals surface area contributed by atoms with Gasteiger partial charge in [0.15, 0.2) is 0 Å². The Morgan fingerprint density at radius 2 is 1.79 bits per heavy atom. The molecule has 0 aliphatic rings. The van der Waals surface area contributed by atoms with Crippen molar-refractivity contribution >= 4 is 5.97 Å². The van der Waals surface area contributed by atoms with Gasteiger partial charge in [-0.2, -0.15) is 0 Å². The highest BCUT2D eigenvalue weighted by molar-refractivity contribution is 5.73. The molecule has 98 valence electrons. The van der Waals surface area contributed by atoms with Gasteiger partial charge in [-0.3, -0.25) is 4.79 Å². The summed E-state index contributed by atoms with van der Waals surface area (Å²) in [5.74, 6) is -1.33. The Morgan fingerprint density at radius 3 is 2.42 bits per heavy atom. The molecule has 2 aromatic carbocycles. The van der Waals surface area contributed by atoms with Crippen LogP contribution in [0.3, 0.4) is 0 Å². The number of carbonyl (C=O) groups is 1. The van der Waals surface area contributed by atoms with Crippen molar-refractivity contribution in [2.24, 2.45) is 5.73 Å². The van der Waals surface area contributed by atoms with Crippen LogP contribution in [0.1, 0.15) is 5.56 Å². The number of rotatable bonds is 4. The summed E-state index contributed by atoms with van der Waals surface area (Å²) in [7, 11) is 0. The van der Waals surface area contributed by atoms with E-state index in [-0.39, 0.29) is 12.2 Å². The molecule has 0 saturated heterocycles. The Balaban J connectivity index is 2.27. The fourth-order valence-corrected chi connectivity index (χ4v) is 1.89. The average molecular weight is 259 g/mol. The van der Waals surface area contributed by atoms with Crippen LogP contribution in [0, 0.1) is 5.82 Å². The second kappa shape index (κ2) is 5.63. The first-order valence-electron chi connectivity index (χ1n) is 5.89. The Morgan fingerprint density at radius 1 is 1.16 bits per heavy atom. The number of carboxylic acid groups (broad SMARTS) is 1. The number of aliphatic carboxylic acids is 1. The van der Waals surface area contributed by atoms with Crippen LogP contribution >= 0.6 is 0 Å². The predicted molar refractivity (Wildman–Crippen MR) is 71.2 cm³/mol. The highest BCUT2D eigenvalue weighted by Crippen LogP contribution is 2.21. The number of nitrogens with two attached hydrogens (primary N) is 1. The average Bonchev–Trinajstić information content (AvgIpc) is 2.39. The van der Waals surface area contributed by atoms with E-state index in [1.807, 2.05) is 24.3 Å².